The van der Waals surface area contributed by atoms with Gasteiger partial charge in [-0.25, -0.2) is 9.78 Å². The van der Waals surface area contributed by atoms with Crippen molar-refractivity contribution in [3.8, 4) is 5.75 Å². The molecule has 1 saturated heterocycles. The van der Waals surface area contributed by atoms with Gasteiger partial charge in [0, 0.05) is 37.2 Å². The minimum atomic E-state index is -0.690. The van der Waals surface area contributed by atoms with Crippen molar-refractivity contribution in [3.05, 3.63) is 60.7 Å². The van der Waals surface area contributed by atoms with Crippen molar-refractivity contribution in [3.63, 3.8) is 0 Å². The number of carbonyl (C=O) groups is 1. The molecule has 1 spiro atoms. The number of benzene rings is 2. The minimum Gasteiger partial charge on any atom is -0.497 e. The zero-order chi connectivity index (χ0) is 22.6. The quantitative estimate of drug-likeness (QED) is 0.633. The van der Waals surface area contributed by atoms with Gasteiger partial charge in [0.2, 0.25) is 11.7 Å². The zero-order valence-electron chi connectivity index (χ0n) is 18.6. The summed E-state index contributed by atoms with van der Waals surface area (Å²) in [5, 5.41) is 6.33. The number of rotatable bonds is 6. The Kier molecular flexibility index (Phi) is 6.79. The summed E-state index contributed by atoms with van der Waals surface area (Å²) in [6.07, 6.45) is 2.96. The van der Waals surface area contributed by atoms with E-state index in [1.807, 2.05) is 48.5 Å². The van der Waals surface area contributed by atoms with E-state index in [0.29, 0.717) is 12.6 Å². The van der Waals surface area contributed by atoms with E-state index in [9.17, 15) is 4.79 Å². The molecule has 2 aromatic carbocycles. The molecule has 0 bridgehead atoms. The number of carbonyl (C=O) groups excluding carboxylic acids is 1. The summed E-state index contributed by atoms with van der Waals surface area (Å²) in [5.74, 6) is 0.0313. The van der Waals surface area contributed by atoms with Crippen LogP contribution in [0.4, 0.5) is 11.4 Å². The third-order valence-corrected chi connectivity index (χ3v) is 5.99. The maximum absolute atomic E-state index is 11.1. The monoisotopic (exact) mass is 438 g/mol. The first-order valence-corrected chi connectivity index (χ1v) is 10.9. The lowest BCUT2D eigenvalue weighted by Crippen LogP contribution is -2.49. The summed E-state index contributed by atoms with van der Waals surface area (Å²) in [6.45, 7) is 6.07. The molecule has 0 aromatic heterocycles. The highest BCUT2D eigenvalue weighted by atomic mass is 17.2. The summed E-state index contributed by atoms with van der Waals surface area (Å²) >= 11 is 0. The second-order valence-electron chi connectivity index (χ2n) is 8.32. The van der Waals surface area contributed by atoms with Crippen LogP contribution >= 0.6 is 0 Å². The topological polar surface area (TPSA) is 78.1 Å². The van der Waals surface area contributed by atoms with Crippen LogP contribution in [0.1, 0.15) is 38.2 Å². The fraction of sp³-hybridized carbons (Fsp3) is 0.400. The van der Waals surface area contributed by atoms with Crippen molar-refractivity contribution in [1.29, 1.82) is 0 Å². The molecule has 1 unspecified atom stereocenters. The Balaban J connectivity index is 1.25. The van der Waals surface area contributed by atoms with Crippen molar-refractivity contribution in [1.82, 2.24) is 0 Å². The predicted molar refractivity (Wildman–Crippen MR) is 123 cm³/mol. The van der Waals surface area contributed by atoms with E-state index in [4.69, 9.17) is 19.2 Å². The van der Waals surface area contributed by atoms with E-state index in [-0.39, 0.29) is 12.0 Å². The average Bonchev–Trinajstić information content (AvgIpc) is 2.82. The molecule has 2 N–H and O–H groups in total. The van der Waals surface area contributed by atoms with Gasteiger partial charge in [-0.1, -0.05) is 18.7 Å². The van der Waals surface area contributed by atoms with Gasteiger partial charge in [-0.15, -0.1) is 0 Å². The van der Waals surface area contributed by atoms with Gasteiger partial charge < -0.3 is 20.1 Å². The van der Waals surface area contributed by atoms with Gasteiger partial charge >= 0.3 is 0 Å². The smallest absolute Gasteiger partial charge is 0.221 e. The molecule has 1 saturated carbocycles. The lowest BCUT2D eigenvalue weighted by Gasteiger charge is -2.43. The van der Waals surface area contributed by atoms with Crippen molar-refractivity contribution in [2.75, 3.05) is 24.4 Å². The highest BCUT2D eigenvalue weighted by Gasteiger charge is 2.43. The first-order chi connectivity index (χ1) is 15.5. The van der Waals surface area contributed by atoms with Gasteiger partial charge in [0.15, 0.2) is 0 Å². The van der Waals surface area contributed by atoms with E-state index in [0.717, 1.165) is 53.9 Å². The standard InChI is InChI=1S/C25H30N2O5/c1-17(19-4-10-23(29-3)11-5-19)24-16-30-25(32-31-24)14-12-22(13-15-25)27-21-8-6-20(7-9-21)26-18(2)28/h4-11,22,24,27H,1,12-16H2,2-3H3,(H,26,28). The van der Waals surface area contributed by atoms with Crippen LogP contribution in [0.15, 0.2) is 55.1 Å². The molecule has 7 heteroatoms. The SMILES string of the molecule is C=C(c1ccc(OC)cc1)C1COC2(CCC(Nc3ccc(NC(C)=O)cc3)CC2)OO1. The molecule has 1 aliphatic heterocycles. The first-order valence-electron chi connectivity index (χ1n) is 10.9. The molecular weight excluding hydrogens is 408 g/mol. The molecular formula is C25H30N2O5. The number of hydrogen-bond acceptors (Lipinski definition) is 6. The van der Waals surface area contributed by atoms with Crippen LogP contribution in [0.5, 0.6) is 5.75 Å². The molecule has 0 radical (unpaired) electrons. The van der Waals surface area contributed by atoms with Gasteiger partial charge in [0.25, 0.3) is 0 Å². The van der Waals surface area contributed by atoms with Gasteiger partial charge in [-0.05, 0) is 60.4 Å². The maximum atomic E-state index is 11.1. The second-order valence-corrected chi connectivity index (χ2v) is 8.32. The van der Waals surface area contributed by atoms with Gasteiger partial charge in [-0.3, -0.25) is 4.79 Å². The Bertz CT molecular complexity index is 924. The third kappa shape index (κ3) is 5.30. The first kappa shape index (κ1) is 22.3. The Morgan fingerprint density at radius 2 is 1.72 bits per heavy atom. The van der Waals surface area contributed by atoms with E-state index in [1.165, 1.54) is 6.92 Å². The number of methoxy groups -OCH3 is 1. The third-order valence-electron chi connectivity index (χ3n) is 5.99. The van der Waals surface area contributed by atoms with Gasteiger partial charge in [0.05, 0.1) is 13.7 Å². The Labute approximate surface area is 188 Å². The number of ether oxygens (including phenoxy) is 2. The summed E-state index contributed by atoms with van der Waals surface area (Å²) in [5.41, 5.74) is 3.60. The van der Waals surface area contributed by atoms with E-state index in [2.05, 4.69) is 17.2 Å². The molecule has 1 aliphatic carbocycles. The summed E-state index contributed by atoms with van der Waals surface area (Å²) in [4.78, 5) is 22.7. The van der Waals surface area contributed by atoms with Crippen LogP contribution in [0.2, 0.25) is 0 Å². The van der Waals surface area contributed by atoms with Crippen LogP contribution < -0.4 is 15.4 Å². The molecule has 2 fully saturated rings. The largest absolute Gasteiger partial charge is 0.497 e. The highest BCUT2D eigenvalue weighted by molar-refractivity contribution is 5.88. The summed E-state index contributed by atoms with van der Waals surface area (Å²) in [6, 6.07) is 15.8. The van der Waals surface area contributed by atoms with Crippen LogP contribution in [-0.2, 0) is 19.3 Å². The predicted octanol–water partition coefficient (Wildman–Crippen LogP) is 4.76. The van der Waals surface area contributed by atoms with E-state index in [1.54, 1.807) is 7.11 Å². The fourth-order valence-electron chi connectivity index (χ4n) is 4.09. The Morgan fingerprint density at radius 3 is 2.28 bits per heavy atom. The molecule has 4 rings (SSSR count). The molecule has 1 atom stereocenters. The lowest BCUT2D eigenvalue weighted by molar-refractivity contribution is -0.483. The molecule has 2 aliphatic rings. The van der Waals surface area contributed by atoms with Gasteiger partial charge in [-0.2, -0.15) is 0 Å². The molecule has 32 heavy (non-hydrogen) atoms. The number of nitrogens with one attached hydrogen (secondary N) is 2. The van der Waals surface area contributed by atoms with Crippen LogP contribution in [0.25, 0.3) is 5.57 Å². The van der Waals surface area contributed by atoms with Crippen molar-refractivity contribution in [2.24, 2.45) is 0 Å². The molecule has 1 amide bonds. The maximum Gasteiger partial charge on any atom is 0.221 e. The fourth-order valence-corrected chi connectivity index (χ4v) is 4.09. The van der Waals surface area contributed by atoms with Crippen LogP contribution in [0, 0.1) is 0 Å². The number of anilines is 2. The molecule has 1 heterocycles. The second kappa shape index (κ2) is 9.73. The van der Waals surface area contributed by atoms with Crippen molar-refractivity contribution >= 4 is 22.9 Å². The number of hydrogen-bond donors (Lipinski definition) is 2. The average molecular weight is 439 g/mol. The van der Waals surface area contributed by atoms with Crippen LogP contribution in [0.3, 0.4) is 0 Å². The van der Waals surface area contributed by atoms with Crippen molar-refractivity contribution in [2.45, 2.75) is 50.5 Å². The van der Waals surface area contributed by atoms with E-state index < -0.39 is 5.79 Å². The van der Waals surface area contributed by atoms with Gasteiger partial charge in [0.1, 0.15) is 11.9 Å². The molecule has 170 valence electrons. The summed E-state index contributed by atoms with van der Waals surface area (Å²) in [7, 11) is 1.64. The zero-order valence-corrected chi connectivity index (χ0v) is 18.6. The molecule has 7 nitrogen and oxygen atoms in total. The normalized spacial score (nSPS) is 25.2. The van der Waals surface area contributed by atoms with Crippen LogP contribution in [-0.4, -0.2) is 37.6 Å². The van der Waals surface area contributed by atoms with Crippen molar-refractivity contribution < 1.29 is 24.0 Å². The highest BCUT2D eigenvalue weighted by Crippen LogP contribution is 2.38. The Morgan fingerprint density at radius 1 is 1.06 bits per heavy atom. The Hall–Kier alpha value is -2.87. The number of amides is 1. The minimum absolute atomic E-state index is 0.0761. The van der Waals surface area contributed by atoms with E-state index >= 15 is 0 Å². The molecule has 2 aromatic rings. The summed E-state index contributed by atoms with van der Waals surface area (Å²) < 4.78 is 11.4. The lowest BCUT2D eigenvalue weighted by atomic mass is 9.89.